The van der Waals surface area contributed by atoms with E-state index in [2.05, 4.69) is 5.32 Å². The minimum absolute atomic E-state index is 0.00423. The topological polar surface area (TPSA) is 73.6 Å². The maximum absolute atomic E-state index is 12.1. The van der Waals surface area contributed by atoms with E-state index in [1.165, 1.54) is 12.8 Å². The average molecular weight is 292 g/mol. The molecule has 0 aliphatic heterocycles. The summed E-state index contributed by atoms with van der Waals surface area (Å²) >= 11 is 0. The van der Waals surface area contributed by atoms with E-state index >= 15 is 0 Å². The first-order chi connectivity index (χ1) is 10.1. The Balaban J connectivity index is 1.96. The van der Waals surface area contributed by atoms with Crippen LogP contribution in [-0.2, 0) is 4.79 Å². The van der Waals surface area contributed by atoms with Crippen LogP contribution in [0.4, 0.5) is 5.69 Å². The zero-order valence-electron chi connectivity index (χ0n) is 12.7. The fourth-order valence-electron chi connectivity index (χ4n) is 2.85. The molecule has 0 radical (unpaired) electrons. The number of benzene rings is 1. The molecule has 0 bridgehead atoms. The van der Waals surface area contributed by atoms with Gasteiger partial charge in [0, 0.05) is 24.2 Å². The SMILES string of the molecule is COc1ccc(NC(=O)CC2CCCCC2N)cc1OC. The van der Waals surface area contributed by atoms with Gasteiger partial charge in [0.15, 0.2) is 11.5 Å². The molecule has 1 amide bonds. The first-order valence-corrected chi connectivity index (χ1v) is 7.41. The van der Waals surface area contributed by atoms with Crippen molar-refractivity contribution >= 4 is 11.6 Å². The van der Waals surface area contributed by atoms with Gasteiger partial charge >= 0.3 is 0 Å². The van der Waals surface area contributed by atoms with Crippen LogP contribution in [0.25, 0.3) is 0 Å². The number of ether oxygens (including phenoxy) is 2. The van der Waals surface area contributed by atoms with Crippen molar-refractivity contribution in [1.29, 1.82) is 0 Å². The summed E-state index contributed by atoms with van der Waals surface area (Å²) in [6.45, 7) is 0. The standard InChI is InChI=1S/C16H24N2O3/c1-20-14-8-7-12(10-15(14)21-2)18-16(19)9-11-5-3-4-6-13(11)17/h7-8,10-11,13H,3-6,9,17H2,1-2H3,(H,18,19). The third-order valence-corrected chi connectivity index (χ3v) is 4.08. The Labute approximate surface area is 125 Å². The summed E-state index contributed by atoms with van der Waals surface area (Å²) in [6, 6.07) is 5.49. The second-order valence-electron chi connectivity index (χ2n) is 5.53. The van der Waals surface area contributed by atoms with Crippen molar-refractivity contribution in [3.63, 3.8) is 0 Å². The van der Waals surface area contributed by atoms with Gasteiger partial charge in [0.05, 0.1) is 14.2 Å². The number of amides is 1. The minimum atomic E-state index is 0.00423. The molecule has 1 aromatic carbocycles. The van der Waals surface area contributed by atoms with Crippen LogP contribution in [0.5, 0.6) is 11.5 Å². The number of hydrogen-bond acceptors (Lipinski definition) is 4. The van der Waals surface area contributed by atoms with Crippen LogP contribution in [0.2, 0.25) is 0 Å². The summed E-state index contributed by atoms with van der Waals surface area (Å²) in [7, 11) is 3.16. The molecule has 1 aliphatic rings. The highest BCUT2D eigenvalue weighted by Crippen LogP contribution is 2.30. The van der Waals surface area contributed by atoms with Crippen LogP contribution < -0.4 is 20.5 Å². The molecule has 21 heavy (non-hydrogen) atoms. The molecule has 0 aromatic heterocycles. The number of hydrogen-bond donors (Lipinski definition) is 2. The quantitative estimate of drug-likeness (QED) is 0.874. The summed E-state index contributed by atoms with van der Waals surface area (Å²) in [5, 5.41) is 2.91. The molecule has 1 saturated carbocycles. The second-order valence-corrected chi connectivity index (χ2v) is 5.53. The number of nitrogens with one attached hydrogen (secondary N) is 1. The van der Waals surface area contributed by atoms with Gasteiger partial charge in [-0.3, -0.25) is 4.79 Å². The lowest BCUT2D eigenvalue weighted by Crippen LogP contribution is -2.35. The molecular formula is C16H24N2O3. The normalized spacial score (nSPS) is 21.7. The van der Waals surface area contributed by atoms with E-state index in [4.69, 9.17) is 15.2 Å². The first kappa shape index (κ1) is 15.6. The number of rotatable bonds is 5. The summed E-state index contributed by atoms with van der Waals surface area (Å²) in [5.41, 5.74) is 6.80. The molecule has 2 unspecified atom stereocenters. The molecule has 1 aromatic rings. The molecule has 2 atom stereocenters. The van der Waals surface area contributed by atoms with Crippen molar-refractivity contribution in [2.45, 2.75) is 38.1 Å². The van der Waals surface area contributed by atoms with E-state index in [-0.39, 0.29) is 11.9 Å². The van der Waals surface area contributed by atoms with E-state index < -0.39 is 0 Å². The minimum Gasteiger partial charge on any atom is -0.493 e. The van der Waals surface area contributed by atoms with Gasteiger partial charge in [-0.05, 0) is 30.9 Å². The van der Waals surface area contributed by atoms with Crippen LogP contribution >= 0.6 is 0 Å². The van der Waals surface area contributed by atoms with Crippen LogP contribution in [-0.4, -0.2) is 26.2 Å². The van der Waals surface area contributed by atoms with E-state index in [1.54, 1.807) is 32.4 Å². The third-order valence-electron chi connectivity index (χ3n) is 4.08. The Hall–Kier alpha value is -1.75. The van der Waals surface area contributed by atoms with Crippen molar-refractivity contribution in [2.24, 2.45) is 11.7 Å². The van der Waals surface area contributed by atoms with Gasteiger partial charge < -0.3 is 20.5 Å². The first-order valence-electron chi connectivity index (χ1n) is 7.41. The van der Waals surface area contributed by atoms with Crippen molar-refractivity contribution in [3.8, 4) is 11.5 Å². The van der Waals surface area contributed by atoms with E-state index in [0.717, 1.165) is 12.8 Å². The number of anilines is 1. The number of carbonyl (C=O) groups is 1. The molecule has 5 heteroatoms. The van der Waals surface area contributed by atoms with Crippen molar-refractivity contribution in [3.05, 3.63) is 18.2 Å². The van der Waals surface area contributed by atoms with Gasteiger partial charge in [-0.2, -0.15) is 0 Å². The monoisotopic (exact) mass is 292 g/mol. The largest absolute Gasteiger partial charge is 0.493 e. The molecule has 1 fully saturated rings. The van der Waals surface area contributed by atoms with Crippen molar-refractivity contribution in [2.75, 3.05) is 19.5 Å². The highest BCUT2D eigenvalue weighted by atomic mass is 16.5. The van der Waals surface area contributed by atoms with Crippen molar-refractivity contribution in [1.82, 2.24) is 0 Å². The number of carbonyl (C=O) groups excluding carboxylic acids is 1. The molecule has 3 N–H and O–H groups in total. The van der Waals surface area contributed by atoms with E-state index in [0.29, 0.717) is 29.5 Å². The maximum atomic E-state index is 12.1. The molecule has 5 nitrogen and oxygen atoms in total. The van der Waals surface area contributed by atoms with Gasteiger partial charge in [0.25, 0.3) is 0 Å². The predicted octanol–water partition coefficient (Wildman–Crippen LogP) is 2.55. The zero-order chi connectivity index (χ0) is 15.2. The Morgan fingerprint density at radius 2 is 1.95 bits per heavy atom. The highest BCUT2D eigenvalue weighted by molar-refractivity contribution is 5.91. The summed E-state index contributed by atoms with van der Waals surface area (Å²) < 4.78 is 10.4. The predicted molar refractivity (Wildman–Crippen MR) is 82.7 cm³/mol. The summed E-state index contributed by atoms with van der Waals surface area (Å²) in [4.78, 5) is 12.1. The molecule has 1 aliphatic carbocycles. The summed E-state index contributed by atoms with van der Waals surface area (Å²) in [5.74, 6) is 1.54. The van der Waals surface area contributed by atoms with Crippen LogP contribution in [0.15, 0.2) is 18.2 Å². The fraction of sp³-hybridized carbons (Fsp3) is 0.562. The maximum Gasteiger partial charge on any atom is 0.224 e. The Bertz CT molecular complexity index is 490. The summed E-state index contributed by atoms with van der Waals surface area (Å²) in [6.07, 6.45) is 4.89. The highest BCUT2D eigenvalue weighted by Gasteiger charge is 2.24. The van der Waals surface area contributed by atoms with Gasteiger partial charge in [-0.25, -0.2) is 0 Å². The lowest BCUT2D eigenvalue weighted by Gasteiger charge is -2.27. The Morgan fingerprint density at radius 3 is 2.62 bits per heavy atom. The number of methoxy groups -OCH3 is 2. The molecule has 0 spiro atoms. The smallest absolute Gasteiger partial charge is 0.224 e. The van der Waals surface area contributed by atoms with E-state index in [9.17, 15) is 4.79 Å². The molecule has 0 heterocycles. The van der Waals surface area contributed by atoms with Crippen LogP contribution in [0.3, 0.4) is 0 Å². The fourth-order valence-corrected chi connectivity index (χ4v) is 2.85. The molecule has 0 saturated heterocycles. The lowest BCUT2D eigenvalue weighted by atomic mass is 9.83. The van der Waals surface area contributed by atoms with Crippen LogP contribution in [0.1, 0.15) is 32.1 Å². The lowest BCUT2D eigenvalue weighted by molar-refractivity contribution is -0.117. The number of nitrogens with two attached hydrogens (primary N) is 1. The second kappa shape index (κ2) is 7.31. The Morgan fingerprint density at radius 1 is 1.24 bits per heavy atom. The van der Waals surface area contributed by atoms with E-state index in [1.807, 2.05) is 0 Å². The van der Waals surface area contributed by atoms with Gasteiger partial charge in [0.1, 0.15) is 0 Å². The average Bonchev–Trinajstić information content (AvgIpc) is 2.49. The van der Waals surface area contributed by atoms with Crippen LogP contribution in [0, 0.1) is 5.92 Å². The third kappa shape index (κ3) is 4.11. The molecule has 2 rings (SSSR count). The van der Waals surface area contributed by atoms with Gasteiger partial charge in [-0.15, -0.1) is 0 Å². The zero-order valence-corrected chi connectivity index (χ0v) is 12.7. The van der Waals surface area contributed by atoms with Crippen molar-refractivity contribution < 1.29 is 14.3 Å². The molecular weight excluding hydrogens is 268 g/mol. The van der Waals surface area contributed by atoms with Gasteiger partial charge in [0.2, 0.25) is 5.91 Å². The molecule has 116 valence electrons. The Kier molecular flexibility index (Phi) is 5.44. The van der Waals surface area contributed by atoms with Gasteiger partial charge in [-0.1, -0.05) is 12.8 Å².